The number of hydrogen-bond donors (Lipinski definition) is 2. The molecule has 0 aliphatic rings. The minimum absolute atomic E-state index is 0.144. The lowest BCUT2D eigenvalue weighted by molar-refractivity contribution is 0.0697. The molecule has 0 aliphatic carbocycles. The molecule has 0 fully saturated rings. The van der Waals surface area contributed by atoms with Gasteiger partial charge in [-0.3, -0.25) is 0 Å². The van der Waals surface area contributed by atoms with Crippen molar-refractivity contribution in [2.24, 2.45) is 0 Å². The van der Waals surface area contributed by atoms with Crippen LogP contribution in [0.5, 0.6) is 0 Å². The first-order valence-electron chi connectivity index (χ1n) is 7.06. The van der Waals surface area contributed by atoms with E-state index >= 15 is 0 Å². The highest BCUT2D eigenvalue weighted by atomic mass is 32.2. The second-order valence-corrected chi connectivity index (χ2v) is 7.95. The van der Waals surface area contributed by atoms with Gasteiger partial charge in [0, 0.05) is 5.54 Å². The number of sulfonamides is 1. The van der Waals surface area contributed by atoms with E-state index in [2.05, 4.69) is 4.72 Å². The van der Waals surface area contributed by atoms with Gasteiger partial charge in [-0.25, -0.2) is 17.9 Å². The van der Waals surface area contributed by atoms with Crippen LogP contribution < -0.4 is 4.72 Å². The number of rotatable bonds is 4. The van der Waals surface area contributed by atoms with Crippen LogP contribution in [-0.2, 0) is 10.0 Å². The summed E-state index contributed by atoms with van der Waals surface area (Å²) in [7, 11) is -3.64. The van der Waals surface area contributed by atoms with Gasteiger partial charge >= 0.3 is 5.97 Å². The predicted molar refractivity (Wildman–Crippen MR) is 88.9 cm³/mol. The van der Waals surface area contributed by atoms with Gasteiger partial charge in [0.15, 0.2) is 0 Å². The first-order valence-corrected chi connectivity index (χ1v) is 8.55. The van der Waals surface area contributed by atoms with Crippen molar-refractivity contribution in [2.75, 3.05) is 0 Å². The van der Waals surface area contributed by atoms with Gasteiger partial charge in [0.25, 0.3) is 0 Å². The molecule has 23 heavy (non-hydrogen) atoms. The quantitative estimate of drug-likeness (QED) is 0.900. The van der Waals surface area contributed by atoms with E-state index < -0.39 is 21.5 Å². The Morgan fingerprint density at radius 3 is 2.13 bits per heavy atom. The van der Waals surface area contributed by atoms with Crippen molar-refractivity contribution in [3.8, 4) is 11.1 Å². The molecule has 0 radical (unpaired) electrons. The van der Waals surface area contributed by atoms with E-state index in [1.807, 2.05) is 0 Å². The van der Waals surface area contributed by atoms with Gasteiger partial charge in [-0.05, 0) is 56.2 Å². The van der Waals surface area contributed by atoms with E-state index in [1.165, 1.54) is 24.3 Å². The molecule has 0 saturated carbocycles. The highest BCUT2D eigenvalue weighted by Gasteiger charge is 2.22. The van der Waals surface area contributed by atoms with Crippen LogP contribution in [0.25, 0.3) is 11.1 Å². The van der Waals surface area contributed by atoms with Crippen molar-refractivity contribution in [3.63, 3.8) is 0 Å². The summed E-state index contributed by atoms with van der Waals surface area (Å²) in [6, 6.07) is 12.8. The Hall–Kier alpha value is -2.18. The number of benzene rings is 2. The minimum Gasteiger partial charge on any atom is -0.478 e. The highest BCUT2D eigenvalue weighted by molar-refractivity contribution is 7.89. The summed E-state index contributed by atoms with van der Waals surface area (Å²) in [5.41, 5.74) is 0.865. The molecule has 0 aromatic heterocycles. The molecule has 0 heterocycles. The lowest BCUT2D eigenvalue weighted by atomic mass is 10.0. The van der Waals surface area contributed by atoms with Gasteiger partial charge in [-0.2, -0.15) is 0 Å². The van der Waals surface area contributed by atoms with Crippen molar-refractivity contribution in [3.05, 3.63) is 54.1 Å². The van der Waals surface area contributed by atoms with Crippen LogP contribution in [0.3, 0.4) is 0 Å². The van der Waals surface area contributed by atoms with E-state index in [0.29, 0.717) is 11.1 Å². The minimum atomic E-state index is -3.64. The SMILES string of the molecule is CC(C)(C)NS(=O)(=O)c1cccc(-c2cccc(C(=O)O)c2)c1. The van der Waals surface area contributed by atoms with Gasteiger partial charge < -0.3 is 5.11 Å². The van der Waals surface area contributed by atoms with Crippen LogP contribution in [0.2, 0.25) is 0 Å². The predicted octanol–water partition coefficient (Wildman–Crippen LogP) is 3.13. The normalized spacial score (nSPS) is 12.1. The summed E-state index contributed by atoms with van der Waals surface area (Å²) in [6.45, 7) is 5.31. The van der Waals surface area contributed by atoms with Crippen molar-refractivity contribution < 1.29 is 18.3 Å². The van der Waals surface area contributed by atoms with Gasteiger partial charge in [0.2, 0.25) is 10.0 Å². The first kappa shape index (κ1) is 17.2. The van der Waals surface area contributed by atoms with Gasteiger partial charge in [0.1, 0.15) is 0 Å². The summed E-state index contributed by atoms with van der Waals surface area (Å²) in [5, 5.41) is 9.06. The number of hydrogen-bond acceptors (Lipinski definition) is 3. The topological polar surface area (TPSA) is 83.5 Å². The second kappa shape index (κ2) is 6.14. The molecule has 2 aromatic carbocycles. The van der Waals surface area contributed by atoms with Crippen molar-refractivity contribution in [2.45, 2.75) is 31.2 Å². The molecule has 0 aliphatic heterocycles. The van der Waals surface area contributed by atoms with Gasteiger partial charge in [-0.15, -0.1) is 0 Å². The number of carbonyl (C=O) groups is 1. The average Bonchev–Trinajstić information content (AvgIpc) is 2.45. The van der Waals surface area contributed by atoms with Crippen LogP contribution in [0.1, 0.15) is 31.1 Å². The third kappa shape index (κ3) is 4.40. The van der Waals surface area contributed by atoms with Crippen molar-refractivity contribution in [1.82, 2.24) is 4.72 Å². The zero-order chi connectivity index (χ0) is 17.3. The molecule has 0 atom stereocenters. The number of carboxylic acids is 1. The third-order valence-corrected chi connectivity index (χ3v) is 4.78. The summed E-state index contributed by atoms with van der Waals surface area (Å²) in [4.78, 5) is 11.2. The fourth-order valence-corrected chi connectivity index (χ4v) is 3.60. The fourth-order valence-electron chi connectivity index (χ4n) is 2.14. The highest BCUT2D eigenvalue weighted by Crippen LogP contribution is 2.24. The average molecular weight is 333 g/mol. The number of carboxylic acid groups (broad SMARTS) is 1. The largest absolute Gasteiger partial charge is 0.478 e. The Kier molecular flexibility index (Phi) is 4.58. The van der Waals surface area contributed by atoms with Crippen LogP contribution in [0.4, 0.5) is 0 Å². The van der Waals surface area contributed by atoms with Crippen LogP contribution >= 0.6 is 0 Å². The molecule has 0 saturated heterocycles. The standard InChI is InChI=1S/C17H19NO4S/c1-17(2,3)18-23(21,22)15-9-5-7-13(11-15)12-6-4-8-14(10-12)16(19)20/h4-11,18H,1-3H3,(H,19,20). The Morgan fingerprint density at radius 2 is 1.57 bits per heavy atom. The Balaban J connectivity index is 2.45. The third-order valence-electron chi connectivity index (χ3n) is 3.03. The van der Waals surface area contributed by atoms with E-state index in [1.54, 1.807) is 45.0 Å². The second-order valence-electron chi connectivity index (χ2n) is 6.27. The van der Waals surface area contributed by atoms with E-state index in [-0.39, 0.29) is 10.5 Å². The molecule has 5 nitrogen and oxygen atoms in total. The maximum Gasteiger partial charge on any atom is 0.335 e. The lowest BCUT2D eigenvalue weighted by Gasteiger charge is -2.20. The molecule has 0 bridgehead atoms. The maximum atomic E-state index is 12.4. The van der Waals surface area contributed by atoms with Crippen molar-refractivity contribution >= 4 is 16.0 Å². The molecule has 2 aromatic rings. The summed E-state index contributed by atoms with van der Waals surface area (Å²) < 4.78 is 27.4. The molecule has 0 amide bonds. The molecular formula is C17H19NO4S. The molecular weight excluding hydrogens is 314 g/mol. The van der Waals surface area contributed by atoms with Crippen molar-refractivity contribution in [1.29, 1.82) is 0 Å². The maximum absolute atomic E-state index is 12.4. The number of aromatic carboxylic acids is 1. The van der Waals surface area contributed by atoms with Crippen LogP contribution in [0.15, 0.2) is 53.4 Å². The molecule has 2 rings (SSSR count). The monoisotopic (exact) mass is 333 g/mol. The number of nitrogens with one attached hydrogen (secondary N) is 1. The zero-order valence-corrected chi connectivity index (χ0v) is 14.0. The van der Waals surface area contributed by atoms with E-state index in [0.717, 1.165) is 0 Å². The Bertz CT molecular complexity index is 836. The van der Waals surface area contributed by atoms with Gasteiger partial charge in [-0.1, -0.05) is 24.3 Å². The fraction of sp³-hybridized carbons (Fsp3) is 0.235. The summed E-state index contributed by atoms with van der Waals surface area (Å²) >= 11 is 0. The molecule has 122 valence electrons. The summed E-state index contributed by atoms with van der Waals surface area (Å²) in [6.07, 6.45) is 0. The Morgan fingerprint density at radius 1 is 1.00 bits per heavy atom. The smallest absolute Gasteiger partial charge is 0.335 e. The molecule has 6 heteroatoms. The first-order chi connectivity index (χ1) is 10.6. The molecule has 0 unspecified atom stereocenters. The summed E-state index contributed by atoms with van der Waals surface area (Å²) in [5.74, 6) is -1.02. The van der Waals surface area contributed by atoms with Gasteiger partial charge in [0.05, 0.1) is 10.5 Å². The molecule has 2 N–H and O–H groups in total. The van der Waals surface area contributed by atoms with Crippen LogP contribution in [0, 0.1) is 0 Å². The lowest BCUT2D eigenvalue weighted by Crippen LogP contribution is -2.40. The van der Waals surface area contributed by atoms with E-state index in [4.69, 9.17) is 5.11 Å². The van der Waals surface area contributed by atoms with Crippen LogP contribution in [-0.4, -0.2) is 25.0 Å². The van der Waals surface area contributed by atoms with E-state index in [9.17, 15) is 13.2 Å². The molecule has 0 spiro atoms. The Labute approximate surface area is 136 Å². The zero-order valence-electron chi connectivity index (χ0n) is 13.2.